The molecule has 2 rings (SSSR count). The van der Waals surface area contributed by atoms with Crippen molar-refractivity contribution in [1.29, 1.82) is 0 Å². The number of aromatic nitrogens is 2. The van der Waals surface area contributed by atoms with Gasteiger partial charge in [0.1, 0.15) is 0 Å². The molecule has 0 aliphatic carbocycles. The highest BCUT2D eigenvalue weighted by molar-refractivity contribution is 9.11. The zero-order valence-corrected chi connectivity index (χ0v) is 13.9. The van der Waals surface area contributed by atoms with Gasteiger partial charge < -0.3 is 5.32 Å². The van der Waals surface area contributed by atoms with E-state index in [4.69, 9.17) is 11.6 Å². The Kier molecular flexibility index (Phi) is 4.35. The standard InChI is InChI=1S/C12H12Br2ClN3/c1-7-12(15)11(18(2)17-7)6-16-10-5-8(13)3-4-9(10)14/h3-5,16H,6H2,1-2H3. The molecule has 1 N–H and O–H groups in total. The predicted octanol–water partition coefficient (Wildman–Crippen LogP) is 4.52. The van der Waals surface area contributed by atoms with Crippen LogP contribution in [0.25, 0.3) is 0 Å². The van der Waals surface area contributed by atoms with Crippen LogP contribution in [0.1, 0.15) is 11.4 Å². The molecule has 1 aromatic carbocycles. The number of nitrogens with one attached hydrogen (secondary N) is 1. The van der Waals surface area contributed by atoms with Crippen LogP contribution in [0.3, 0.4) is 0 Å². The molecule has 0 radical (unpaired) electrons. The van der Waals surface area contributed by atoms with Gasteiger partial charge in [0, 0.05) is 21.7 Å². The summed E-state index contributed by atoms with van der Waals surface area (Å²) in [6.45, 7) is 2.53. The van der Waals surface area contributed by atoms with Gasteiger partial charge in [-0.25, -0.2) is 0 Å². The molecule has 18 heavy (non-hydrogen) atoms. The lowest BCUT2D eigenvalue weighted by molar-refractivity contribution is 0.713. The van der Waals surface area contributed by atoms with Gasteiger partial charge in [0.05, 0.1) is 23.0 Å². The maximum atomic E-state index is 6.21. The summed E-state index contributed by atoms with van der Waals surface area (Å²) in [6.07, 6.45) is 0. The highest BCUT2D eigenvalue weighted by Crippen LogP contribution is 2.27. The average molecular weight is 394 g/mol. The van der Waals surface area contributed by atoms with Crippen LogP contribution >= 0.6 is 43.5 Å². The molecule has 0 atom stereocenters. The number of rotatable bonds is 3. The van der Waals surface area contributed by atoms with Gasteiger partial charge >= 0.3 is 0 Å². The molecule has 0 spiro atoms. The smallest absolute Gasteiger partial charge is 0.0865 e. The number of hydrogen-bond donors (Lipinski definition) is 1. The lowest BCUT2D eigenvalue weighted by Crippen LogP contribution is -2.06. The first-order valence-electron chi connectivity index (χ1n) is 5.36. The molecular weight excluding hydrogens is 381 g/mol. The Morgan fingerprint density at radius 2 is 2.11 bits per heavy atom. The monoisotopic (exact) mass is 391 g/mol. The van der Waals surface area contributed by atoms with Crippen molar-refractivity contribution in [3.63, 3.8) is 0 Å². The largest absolute Gasteiger partial charge is 0.378 e. The van der Waals surface area contributed by atoms with Crippen LogP contribution in [0.5, 0.6) is 0 Å². The van der Waals surface area contributed by atoms with Crippen molar-refractivity contribution in [3.05, 3.63) is 43.6 Å². The molecule has 0 aliphatic rings. The SMILES string of the molecule is Cc1nn(C)c(CNc2cc(Br)ccc2Br)c1Cl. The lowest BCUT2D eigenvalue weighted by atomic mass is 10.3. The molecule has 0 amide bonds. The summed E-state index contributed by atoms with van der Waals surface area (Å²) < 4.78 is 3.84. The van der Waals surface area contributed by atoms with Gasteiger partial charge in [0.25, 0.3) is 0 Å². The van der Waals surface area contributed by atoms with Gasteiger partial charge in [-0.15, -0.1) is 0 Å². The molecule has 0 saturated carbocycles. The third kappa shape index (κ3) is 2.90. The molecule has 0 fully saturated rings. The van der Waals surface area contributed by atoms with E-state index in [0.29, 0.717) is 6.54 Å². The van der Waals surface area contributed by atoms with Gasteiger partial charge in [-0.3, -0.25) is 4.68 Å². The van der Waals surface area contributed by atoms with Crippen LogP contribution < -0.4 is 5.32 Å². The molecule has 0 bridgehead atoms. The second kappa shape index (κ2) is 5.63. The van der Waals surface area contributed by atoms with Crippen LogP contribution in [0, 0.1) is 6.92 Å². The summed E-state index contributed by atoms with van der Waals surface area (Å²) in [5, 5.41) is 8.35. The van der Waals surface area contributed by atoms with Crippen molar-refractivity contribution in [2.45, 2.75) is 13.5 Å². The van der Waals surface area contributed by atoms with Gasteiger partial charge in [0.15, 0.2) is 0 Å². The van der Waals surface area contributed by atoms with Gasteiger partial charge in [-0.1, -0.05) is 27.5 Å². The van der Waals surface area contributed by atoms with E-state index in [2.05, 4.69) is 42.3 Å². The molecule has 1 heterocycles. The van der Waals surface area contributed by atoms with Crippen molar-refractivity contribution in [2.24, 2.45) is 7.05 Å². The van der Waals surface area contributed by atoms with E-state index in [1.807, 2.05) is 32.2 Å². The summed E-state index contributed by atoms with van der Waals surface area (Å²) >= 11 is 13.2. The second-order valence-electron chi connectivity index (χ2n) is 3.95. The Labute approximate surface area is 128 Å². The Morgan fingerprint density at radius 1 is 1.39 bits per heavy atom. The molecule has 6 heteroatoms. The van der Waals surface area contributed by atoms with Gasteiger partial charge in [-0.05, 0) is 41.1 Å². The Hall–Kier alpha value is -0.520. The lowest BCUT2D eigenvalue weighted by Gasteiger charge is -2.09. The second-order valence-corrected chi connectivity index (χ2v) is 6.10. The van der Waals surface area contributed by atoms with Crippen molar-refractivity contribution in [2.75, 3.05) is 5.32 Å². The maximum absolute atomic E-state index is 6.21. The third-order valence-electron chi connectivity index (χ3n) is 2.64. The van der Waals surface area contributed by atoms with Crippen LogP contribution in [0.15, 0.2) is 27.1 Å². The van der Waals surface area contributed by atoms with Crippen molar-refractivity contribution in [1.82, 2.24) is 9.78 Å². The number of hydrogen-bond acceptors (Lipinski definition) is 2. The quantitative estimate of drug-likeness (QED) is 0.831. The number of aryl methyl sites for hydroxylation is 2. The minimum atomic E-state index is 0.630. The molecular formula is C12H12Br2ClN3. The first-order chi connectivity index (χ1) is 8.49. The molecule has 0 aliphatic heterocycles. The minimum Gasteiger partial charge on any atom is -0.378 e. The summed E-state index contributed by atoms with van der Waals surface area (Å²) in [5.41, 5.74) is 2.84. The molecule has 0 saturated heterocycles. The first-order valence-corrected chi connectivity index (χ1v) is 7.32. The van der Waals surface area contributed by atoms with Crippen LogP contribution in [0.4, 0.5) is 5.69 Å². The van der Waals surface area contributed by atoms with E-state index in [9.17, 15) is 0 Å². The van der Waals surface area contributed by atoms with E-state index in [0.717, 1.165) is 31.0 Å². The Bertz CT molecular complexity index is 581. The van der Waals surface area contributed by atoms with Crippen LogP contribution in [-0.2, 0) is 13.6 Å². The summed E-state index contributed by atoms with van der Waals surface area (Å²) in [5.74, 6) is 0. The van der Waals surface area contributed by atoms with Gasteiger partial charge in [0.2, 0.25) is 0 Å². The highest BCUT2D eigenvalue weighted by atomic mass is 79.9. The zero-order valence-electron chi connectivity index (χ0n) is 9.97. The number of halogens is 3. The number of nitrogens with zero attached hydrogens (tertiary/aromatic N) is 2. The predicted molar refractivity (Wildman–Crippen MR) is 82.1 cm³/mol. The summed E-state index contributed by atoms with van der Waals surface area (Å²) in [6, 6.07) is 5.99. The topological polar surface area (TPSA) is 29.9 Å². The van der Waals surface area contributed by atoms with Crippen LogP contribution in [-0.4, -0.2) is 9.78 Å². The number of benzene rings is 1. The fraction of sp³-hybridized carbons (Fsp3) is 0.250. The van der Waals surface area contributed by atoms with E-state index in [-0.39, 0.29) is 0 Å². The molecule has 3 nitrogen and oxygen atoms in total. The third-order valence-corrected chi connectivity index (χ3v) is 4.31. The first kappa shape index (κ1) is 13.9. The van der Waals surface area contributed by atoms with Gasteiger partial charge in [-0.2, -0.15) is 5.10 Å². The van der Waals surface area contributed by atoms with Crippen molar-refractivity contribution < 1.29 is 0 Å². The molecule has 1 aromatic heterocycles. The molecule has 0 unspecified atom stereocenters. The normalized spacial score (nSPS) is 10.7. The fourth-order valence-corrected chi connectivity index (χ4v) is 2.66. The summed E-state index contributed by atoms with van der Waals surface area (Å²) in [4.78, 5) is 0. The zero-order chi connectivity index (χ0) is 13.3. The maximum Gasteiger partial charge on any atom is 0.0865 e. The van der Waals surface area contributed by atoms with E-state index >= 15 is 0 Å². The highest BCUT2D eigenvalue weighted by Gasteiger charge is 2.11. The Balaban J connectivity index is 2.19. The Morgan fingerprint density at radius 3 is 2.72 bits per heavy atom. The van der Waals surface area contributed by atoms with Crippen LogP contribution in [0.2, 0.25) is 5.02 Å². The molecule has 96 valence electrons. The van der Waals surface area contributed by atoms with E-state index in [1.54, 1.807) is 4.68 Å². The average Bonchev–Trinajstić information content (AvgIpc) is 2.55. The summed E-state index contributed by atoms with van der Waals surface area (Å²) in [7, 11) is 1.89. The van der Waals surface area contributed by atoms with Crippen molar-refractivity contribution in [3.8, 4) is 0 Å². The molecule has 2 aromatic rings. The fourth-order valence-electron chi connectivity index (χ4n) is 1.68. The minimum absolute atomic E-state index is 0.630. The van der Waals surface area contributed by atoms with E-state index in [1.165, 1.54) is 0 Å². The number of anilines is 1. The van der Waals surface area contributed by atoms with Crippen molar-refractivity contribution >= 4 is 49.1 Å². The van der Waals surface area contributed by atoms with E-state index < -0.39 is 0 Å².